The zero-order valence-corrected chi connectivity index (χ0v) is 13.1. The van der Waals surface area contributed by atoms with Gasteiger partial charge in [0.25, 0.3) is 5.91 Å². The van der Waals surface area contributed by atoms with Crippen molar-refractivity contribution in [3.8, 4) is 0 Å². The average molecular weight is 313 g/mol. The van der Waals surface area contributed by atoms with E-state index in [1.165, 1.54) is 16.7 Å². The van der Waals surface area contributed by atoms with E-state index in [4.69, 9.17) is 0 Å². The van der Waals surface area contributed by atoms with Crippen LogP contribution in [0.2, 0.25) is 0 Å². The van der Waals surface area contributed by atoms with Gasteiger partial charge in [0.1, 0.15) is 5.54 Å². The fraction of sp³-hybridized carbons (Fsp3) is 0.143. The van der Waals surface area contributed by atoms with E-state index in [9.17, 15) is 4.79 Å². The first-order valence-electron chi connectivity index (χ1n) is 8.22. The molecule has 0 bridgehead atoms. The van der Waals surface area contributed by atoms with Gasteiger partial charge < -0.3 is 5.32 Å². The van der Waals surface area contributed by atoms with Crippen molar-refractivity contribution >= 4 is 5.91 Å². The van der Waals surface area contributed by atoms with Gasteiger partial charge in [0.2, 0.25) is 0 Å². The third-order valence-corrected chi connectivity index (χ3v) is 5.29. The molecular formula is C21H16N2O. The monoisotopic (exact) mass is 313 g/mol. The van der Waals surface area contributed by atoms with E-state index in [1.807, 2.05) is 24.3 Å². The summed E-state index contributed by atoms with van der Waals surface area (Å²) in [5.74, 6) is 0.234. The number of benzene rings is 2. The number of amides is 1. The molecule has 1 aliphatic carbocycles. The number of nitrogens with zero attached hydrogens (tertiary/aromatic N) is 1. The van der Waals surface area contributed by atoms with Crippen LogP contribution in [0.1, 0.15) is 45.1 Å². The number of aromatic nitrogens is 1. The molecule has 116 valence electrons. The van der Waals surface area contributed by atoms with E-state index >= 15 is 0 Å². The van der Waals surface area contributed by atoms with Gasteiger partial charge in [-0.15, -0.1) is 0 Å². The zero-order valence-electron chi connectivity index (χ0n) is 13.1. The Balaban J connectivity index is 1.75. The van der Waals surface area contributed by atoms with Crippen LogP contribution in [0.25, 0.3) is 0 Å². The number of pyridine rings is 1. The number of carbonyl (C=O) groups excluding carboxylic acids is 1. The van der Waals surface area contributed by atoms with Gasteiger partial charge in [-0.3, -0.25) is 9.78 Å². The van der Waals surface area contributed by atoms with E-state index in [0.717, 1.165) is 12.1 Å². The van der Waals surface area contributed by atoms with Crippen LogP contribution in [0.4, 0.5) is 0 Å². The van der Waals surface area contributed by atoms with Crippen LogP contribution in [0, 0.1) is 0 Å². The highest BCUT2D eigenvalue weighted by Crippen LogP contribution is 2.52. The Morgan fingerprint density at radius 3 is 2.62 bits per heavy atom. The maximum atomic E-state index is 12.5. The highest BCUT2D eigenvalue weighted by Gasteiger charge is 2.52. The summed E-state index contributed by atoms with van der Waals surface area (Å²) in [7, 11) is 0. The van der Waals surface area contributed by atoms with E-state index in [2.05, 4.69) is 52.8 Å². The Morgan fingerprint density at radius 2 is 1.75 bits per heavy atom. The fourth-order valence-corrected chi connectivity index (χ4v) is 4.29. The van der Waals surface area contributed by atoms with Crippen LogP contribution < -0.4 is 5.32 Å². The lowest BCUT2D eigenvalue weighted by molar-refractivity contribution is 0.0940. The van der Waals surface area contributed by atoms with Gasteiger partial charge in [0, 0.05) is 12.1 Å². The first-order valence-corrected chi connectivity index (χ1v) is 8.22. The summed E-state index contributed by atoms with van der Waals surface area (Å²) in [6.07, 6.45) is 2.59. The fourth-order valence-electron chi connectivity index (χ4n) is 4.29. The first-order chi connectivity index (χ1) is 11.8. The molecule has 5 rings (SSSR count). The first kappa shape index (κ1) is 13.5. The quantitative estimate of drug-likeness (QED) is 0.697. The number of nitrogens with one attached hydrogen (secondary N) is 1. The highest BCUT2D eigenvalue weighted by atomic mass is 16.2. The van der Waals surface area contributed by atoms with Crippen molar-refractivity contribution in [1.29, 1.82) is 0 Å². The molecule has 1 N–H and O–H groups in total. The van der Waals surface area contributed by atoms with Crippen LogP contribution in [0.5, 0.6) is 0 Å². The van der Waals surface area contributed by atoms with E-state index < -0.39 is 5.54 Å². The van der Waals surface area contributed by atoms with Crippen LogP contribution in [-0.4, -0.2) is 10.9 Å². The largest absolute Gasteiger partial charge is 0.337 e. The smallest absolute Gasteiger partial charge is 0.254 e. The Bertz CT molecular complexity index is 951. The summed E-state index contributed by atoms with van der Waals surface area (Å²) in [5, 5.41) is 3.25. The predicted octanol–water partition coefficient (Wildman–Crippen LogP) is 3.60. The number of rotatable bonds is 1. The van der Waals surface area contributed by atoms with Crippen molar-refractivity contribution in [2.24, 2.45) is 0 Å². The second-order valence-electron chi connectivity index (χ2n) is 6.51. The molecule has 1 aliphatic heterocycles. The second-order valence-corrected chi connectivity index (χ2v) is 6.51. The van der Waals surface area contributed by atoms with Crippen molar-refractivity contribution in [3.63, 3.8) is 0 Å². The maximum absolute atomic E-state index is 12.5. The van der Waals surface area contributed by atoms with E-state index in [1.54, 1.807) is 6.20 Å². The molecule has 0 unspecified atom stereocenters. The van der Waals surface area contributed by atoms with Gasteiger partial charge in [-0.25, -0.2) is 0 Å². The van der Waals surface area contributed by atoms with Crippen molar-refractivity contribution in [3.05, 3.63) is 101 Å². The summed E-state index contributed by atoms with van der Waals surface area (Å²) in [6, 6.07) is 22.6. The molecule has 2 atom stereocenters. The minimum Gasteiger partial charge on any atom is -0.337 e. The molecule has 2 heterocycles. The van der Waals surface area contributed by atoms with Gasteiger partial charge in [-0.2, -0.15) is 0 Å². The molecule has 0 saturated heterocycles. The molecule has 0 saturated carbocycles. The number of fused-ring (bicyclic) bond motifs is 4. The lowest BCUT2D eigenvalue weighted by atomic mass is 9.89. The standard InChI is InChI=1S/C21H16N2O/c24-20-16-10-6-12-22-19(16)21(23-20)13-17(14-7-2-1-3-8-14)15-9-4-5-11-18(15)21/h1-12,17H,13H2,(H,23,24)/t17-,21-/m1/s1/i17+1. The minimum absolute atomic E-state index is 0.0263. The average Bonchev–Trinajstić information content (AvgIpc) is 3.13. The Labute approximate surface area is 140 Å². The van der Waals surface area contributed by atoms with Crippen LogP contribution >= 0.6 is 0 Å². The number of hydrogen-bond acceptors (Lipinski definition) is 2. The molecule has 3 nitrogen and oxygen atoms in total. The van der Waals surface area contributed by atoms with E-state index in [-0.39, 0.29) is 11.8 Å². The lowest BCUT2D eigenvalue weighted by Gasteiger charge is -2.26. The van der Waals surface area contributed by atoms with Gasteiger partial charge in [0.05, 0.1) is 11.3 Å². The Hall–Kier alpha value is -2.94. The third-order valence-electron chi connectivity index (χ3n) is 5.29. The molecule has 2 aliphatic rings. The molecule has 24 heavy (non-hydrogen) atoms. The minimum atomic E-state index is -0.509. The summed E-state index contributed by atoms with van der Waals surface area (Å²) in [5.41, 5.74) is 4.78. The molecule has 2 aromatic carbocycles. The van der Waals surface area contributed by atoms with Crippen molar-refractivity contribution in [1.82, 2.24) is 10.3 Å². The zero-order chi connectivity index (χ0) is 16.1. The summed E-state index contributed by atoms with van der Waals surface area (Å²) in [4.78, 5) is 17.1. The molecule has 3 aromatic rings. The van der Waals surface area contributed by atoms with Crippen molar-refractivity contribution < 1.29 is 4.79 Å². The third kappa shape index (κ3) is 1.67. The number of carbonyl (C=O) groups is 1. The van der Waals surface area contributed by atoms with Crippen LogP contribution in [-0.2, 0) is 5.54 Å². The van der Waals surface area contributed by atoms with Gasteiger partial charge in [-0.1, -0.05) is 54.6 Å². The predicted molar refractivity (Wildman–Crippen MR) is 91.8 cm³/mol. The Kier molecular flexibility index (Phi) is 2.69. The molecule has 0 radical (unpaired) electrons. The van der Waals surface area contributed by atoms with Crippen LogP contribution in [0.3, 0.4) is 0 Å². The van der Waals surface area contributed by atoms with Crippen LogP contribution in [0.15, 0.2) is 72.9 Å². The summed E-state index contributed by atoms with van der Waals surface area (Å²) >= 11 is 0. The molecule has 3 heteroatoms. The number of hydrogen-bond donors (Lipinski definition) is 1. The van der Waals surface area contributed by atoms with Crippen molar-refractivity contribution in [2.75, 3.05) is 0 Å². The summed E-state index contributed by atoms with van der Waals surface area (Å²) in [6.45, 7) is 0. The molecule has 1 aromatic heterocycles. The topological polar surface area (TPSA) is 42.0 Å². The van der Waals surface area contributed by atoms with Gasteiger partial charge >= 0.3 is 0 Å². The van der Waals surface area contributed by atoms with Crippen molar-refractivity contribution in [2.45, 2.75) is 17.9 Å². The lowest BCUT2D eigenvalue weighted by Crippen LogP contribution is -2.39. The second kappa shape index (κ2) is 4.78. The summed E-state index contributed by atoms with van der Waals surface area (Å²) < 4.78 is 0. The highest BCUT2D eigenvalue weighted by molar-refractivity contribution is 6.00. The SMILES string of the molecule is O=C1N[C@@]2(C[13C@H](c3ccccc3)c3ccccc32)c2ncccc21. The molecule has 1 amide bonds. The van der Waals surface area contributed by atoms with Gasteiger partial charge in [0.15, 0.2) is 0 Å². The Morgan fingerprint density at radius 1 is 0.958 bits per heavy atom. The molecule has 1 spiro atoms. The van der Waals surface area contributed by atoms with E-state index in [0.29, 0.717) is 5.56 Å². The molecule has 0 fully saturated rings. The normalized spacial score (nSPS) is 23.8. The maximum Gasteiger partial charge on any atom is 0.254 e. The van der Waals surface area contributed by atoms with Gasteiger partial charge in [-0.05, 0) is 35.2 Å². The molecular weight excluding hydrogens is 297 g/mol.